The Labute approximate surface area is 112 Å². The lowest BCUT2D eigenvalue weighted by molar-refractivity contribution is -0.00523. The van der Waals surface area contributed by atoms with Gasteiger partial charge in [0, 0.05) is 11.5 Å². The Morgan fingerprint density at radius 2 is 1.74 bits per heavy atom. The Bertz CT molecular complexity index is 505. The summed E-state index contributed by atoms with van der Waals surface area (Å²) >= 11 is 0. The third-order valence-corrected chi connectivity index (χ3v) is 5.70. The summed E-state index contributed by atoms with van der Waals surface area (Å²) in [7, 11) is 0. The molecule has 0 aliphatic heterocycles. The first-order valence-corrected chi connectivity index (χ1v) is 7.33. The van der Waals surface area contributed by atoms with Crippen molar-refractivity contribution >= 4 is 5.97 Å². The molecule has 4 fully saturated rings. The number of aromatic carboxylic acids is 1. The zero-order chi connectivity index (χ0) is 13.1. The van der Waals surface area contributed by atoms with Gasteiger partial charge in [-0.25, -0.2) is 4.79 Å². The molecular formula is C15H19NO3. The molecule has 102 valence electrons. The number of carboxylic acids is 1. The van der Waals surface area contributed by atoms with Gasteiger partial charge in [0.1, 0.15) is 0 Å². The summed E-state index contributed by atoms with van der Waals surface area (Å²) in [6.45, 7) is 1.85. The maximum Gasteiger partial charge on any atom is 0.375 e. The van der Waals surface area contributed by atoms with Crippen LogP contribution >= 0.6 is 0 Å². The molecule has 0 atom stereocenters. The van der Waals surface area contributed by atoms with Gasteiger partial charge in [-0.05, 0) is 62.7 Å². The zero-order valence-corrected chi connectivity index (χ0v) is 11.1. The van der Waals surface area contributed by atoms with Gasteiger partial charge in [-0.3, -0.25) is 0 Å². The monoisotopic (exact) mass is 261 g/mol. The molecule has 0 saturated heterocycles. The second-order valence-corrected chi connectivity index (χ2v) is 6.78. The van der Waals surface area contributed by atoms with Crippen molar-refractivity contribution in [3.8, 4) is 0 Å². The Balaban J connectivity index is 1.71. The molecule has 0 amide bonds. The number of carbonyl (C=O) groups is 1. The number of rotatable bonds is 2. The van der Waals surface area contributed by atoms with Gasteiger partial charge in [0.15, 0.2) is 0 Å². The van der Waals surface area contributed by atoms with E-state index < -0.39 is 5.97 Å². The van der Waals surface area contributed by atoms with Crippen molar-refractivity contribution < 1.29 is 14.4 Å². The zero-order valence-electron chi connectivity index (χ0n) is 11.1. The van der Waals surface area contributed by atoms with Crippen LogP contribution in [-0.4, -0.2) is 16.2 Å². The lowest BCUT2D eigenvalue weighted by atomic mass is 9.51. The van der Waals surface area contributed by atoms with Crippen LogP contribution in [0.3, 0.4) is 0 Å². The minimum absolute atomic E-state index is 0.0313. The van der Waals surface area contributed by atoms with Crippen LogP contribution in [0, 0.1) is 30.6 Å². The molecule has 1 aromatic heterocycles. The quantitative estimate of drug-likeness (QED) is 0.887. The van der Waals surface area contributed by atoms with Crippen LogP contribution in [0.25, 0.3) is 0 Å². The van der Waals surface area contributed by atoms with Crippen molar-refractivity contribution in [3.05, 3.63) is 17.0 Å². The Kier molecular flexibility index (Phi) is 2.32. The number of hydrogen-bond donors (Lipinski definition) is 1. The molecule has 19 heavy (non-hydrogen) atoms. The smallest absolute Gasteiger partial charge is 0.375 e. The van der Waals surface area contributed by atoms with Gasteiger partial charge in [-0.2, -0.15) is 0 Å². The second-order valence-electron chi connectivity index (χ2n) is 6.78. The molecule has 4 nitrogen and oxygen atoms in total. The van der Waals surface area contributed by atoms with Gasteiger partial charge in [0.05, 0.1) is 5.69 Å². The Morgan fingerprint density at radius 3 is 2.21 bits per heavy atom. The van der Waals surface area contributed by atoms with Crippen molar-refractivity contribution in [2.24, 2.45) is 23.7 Å². The second kappa shape index (κ2) is 3.84. The predicted octanol–water partition coefficient (Wildman–Crippen LogP) is 3.22. The number of aromatic nitrogens is 1. The largest absolute Gasteiger partial charge is 0.475 e. The Morgan fingerprint density at radius 1 is 1.16 bits per heavy atom. The van der Waals surface area contributed by atoms with Crippen LogP contribution in [0.1, 0.15) is 59.8 Å². The van der Waals surface area contributed by atoms with Gasteiger partial charge in [-0.1, -0.05) is 5.16 Å². The third kappa shape index (κ3) is 1.58. The van der Waals surface area contributed by atoms with E-state index in [2.05, 4.69) is 5.16 Å². The highest BCUT2D eigenvalue weighted by Gasteiger charge is 2.50. The molecule has 4 bridgehead atoms. The molecule has 4 aliphatic carbocycles. The van der Waals surface area contributed by atoms with Gasteiger partial charge in [0.25, 0.3) is 0 Å². The van der Waals surface area contributed by atoms with Gasteiger partial charge < -0.3 is 9.63 Å². The summed E-state index contributed by atoms with van der Waals surface area (Å²) in [5.41, 5.74) is 1.69. The molecule has 1 aromatic rings. The van der Waals surface area contributed by atoms with E-state index in [4.69, 9.17) is 9.63 Å². The third-order valence-electron chi connectivity index (χ3n) is 5.70. The molecule has 5 rings (SSSR count). The van der Waals surface area contributed by atoms with Crippen molar-refractivity contribution in [2.45, 2.75) is 44.9 Å². The summed E-state index contributed by atoms with van der Waals surface area (Å²) in [5, 5.41) is 13.2. The topological polar surface area (TPSA) is 63.3 Å². The van der Waals surface area contributed by atoms with Crippen LogP contribution in [0.15, 0.2) is 4.52 Å². The molecule has 0 aromatic carbocycles. The highest BCUT2D eigenvalue weighted by molar-refractivity contribution is 5.86. The number of carboxylic acid groups (broad SMARTS) is 1. The van der Waals surface area contributed by atoms with Gasteiger partial charge >= 0.3 is 5.97 Å². The van der Waals surface area contributed by atoms with E-state index in [0.29, 0.717) is 17.8 Å². The average Bonchev–Trinajstić information content (AvgIpc) is 2.70. The van der Waals surface area contributed by atoms with Crippen LogP contribution in [0.5, 0.6) is 0 Å². The van der Waals surface area contributed by atoms with E-state index in [0.717, 1.165) is 23.1 Å². The highest BCUT2D eigenvalue weighted by atomic mass is 16.5. The van der Waals surface area contributed by atoms with Crippen LogP contribution in [0.4, 0.5) is 0 Å². The Hall–Kier alpha value is -1.32. The normalized spacial score (nSPS) is 39.7. The van der Waals surface area contributed by atoms with Crippen LogP contribution < -0.4 is 0 Å². The summed E-state index contributed by atoms with van der Waals surface area (Å²) in [4.78, 5) is 11.1. The fourth-order valence-electron chi connectivity index (χ4n) is 5.23. The minimum Gasteiger partial charge on any atom is -0.475 e. The van der Waals surface area contributed by atoms with Crippen molar-refractivity contribution in [1.82, 2.24) is 5.16 Å². The van der Waals surface area contributed by atoms with Gasteiger partial charge in [0.2, 0.25) is 5.76 Å². The SMILES string of the molecule is Cc1c(C2C3CC4CC(C3)CC2C4)noc1C(=O)O. The number of hydrogen-bond acceptors (Lipinski definition) is 3. The fourth-order valence-corrected chi connectivity index (χ4v) is 5.23. The van der Waals surface area contributed by atoms with E-state index in [-0.39, 0.29) is 5.76 Å². The van der Waals surface area contributed by atoms with E-state index in [9.17, 15) is 4.79 Å². The first-order valence-electron chi connectivity index (χ1n) is 7.33. The lowest BCUT2D eigenvalue weighted by Gasteiger charge is -2.54. The van der Waals surface area contributed by atoms with Crippen LogP contribution in [0.2, 0.25) is 0 Å². The van der Waals surface area contributed by atoms with E-state index in [1.807, 2.05) is 6.92 Å². The lowest BCUT2D eigenvalue weighted by Crippen LogP contribution is -2.44. The summed E-state index contributed by atoms with van der Waals surface area (Å²) in [6, 6.07) is 0. The molecule has 0 radical (unpaired) electrons. The maximum absolute atomic E-state index is 11.1. The molecule has 4 saturated carbocycles. The van der Waals surface area contributed by atoms with Crippen molar-refractivity contribution in [2.75, 3.05) is 0 Å². The van der Waals surface area contributed by atoms with E-state index >= 15 is 0 Å². The molecule has 0 spiro atoms. The van der Waals surface area contributed by atoms with Crippen molar-refractivity contribution in [1.29, 1.82) is 0 Å². The summed E-state index contributed by atoms with van der Waals surface area (Å²) < 4.78 is 5.06. The first kappa shape index (κ1) is 11.5. The maximum atomic E-state index is 11.1. The number of nitrogens with zero attached hydrogens (tertiary/aromatic N) is 1. The van der Waals surface area contributed by atoms with Crippen molar-refractivity contribution in [3.63, 3.8) is 0 Å². The molecular weight excluding hydrogens is 242 g/mol. The molecule has 4 aliphatic rings. The molecule has 0 unspecified atom stereocenters. The van der Waals surface area contributed by atoms with E-state index in [1.165, 1.54) is 32.1 Å². The average molecular weight is 261 g/mol. The fraction of sp³-hybridized carbons (Fsp3) is 0.733. The first-order chi connectivity index (χ1) is 9.13. The minimum atomic E-state index is -1.000. The molecule has 1 N–H and O–H groups in total. The molecule has 4 heteroatoms. The van der Waals surface area contributed by atoms with E-state index in [1.54, 1.807) is 0 Å². The van der Waals surface area contributed by atoms with Crippen LogP contribution in [-0.2, 0) is 0 Å². The summed E-state index contributed by atoms with van der Waals surface area (Å²) in [6.07, 6.45) is 6.68. The standard InChI is InChI=1S/C15H19NO3/c1-7-13(16-19-14(7)15(17)18)12-10-3-8-2-9(5-10)6-11(12)4-8/h8-12H,2-6H2,1H3,(H,17,18). The predicted molar refractivity (Wildman–Crippen MR) is 68.0 cm³/mol. The highest BCUT2D eigenvalue weighted by Crippen LogP contribution is 2.59. The van der Waals surface area contributed by atoms with Gasteiger partial charge in [-0.15, -0.1) is 0 Å². The summed E-state index contributed by atoms with van der Waals surface area (Å²) in [5.74, 6) is 2.74. The molecule has 1 heterocycles.